The monoisotopic (exact) mass is 882 g/mol. The largest absolute Gasteiger partial charge is 0.387 e. The molecule has 0 amide bonds. The zero-order valence-electron chi connectivity index (χ0n) is 36.3. The van der Waals surface area contributed by atoms with E-state index in [9.17, 15) is 10.2 Å². The molecular formula is C54H58O11. The van der Waals surface area contributed by atoms with Crippen LogP contribution in [0.2, 0.25) is 0 Å². The summed E-state index contributed by atoms with van der Waals surface area (Å²) >= 11 is 0. The minimum Gasteiger partial charge on any atom is -0.387 e. The van der Waals surface area contributed by atoms with E-state index in [0.29, 0.717) is 6.61 Å². The zero-order valence-corrected chi connectivity index (χ0v) is 36.3. The molecule has 0 aliphatic carbocycles. The average molecular weight is 883 g/mol. The summed E-state index contributed by atoms with van der Waals surface area (Å²) in [5, 5.41) is 24.3. The Morgan fingerprint density at radius 3 is 1.06 bits per heavy atom. The number of benzene rings is 6. The number of aliphatic hydroxyl groups is 2. The van der Waals surface area contributed by atoms with Crippen LogP contribution in [-0.4, -0.2) is 84.8 Å². The predicted molar refractivity (Wildman–Crippen MR) is 243 cm³/mol. The van der Waals surface area contributed by atoms with Crippen molar-refractivity contribution < 1.29 is 52.8 Å². The quantitative estimate of drug-likeness (QED) is 0.0691. The molecule has 10 atom stereocenters. The number of hydrogen-bond donors (Lipinski definition) is 2. The van der Waals surface area contributed by atoms with Gasteiger partial charge in [0.1, 0.15) is 48.8 Å². The van der Waals surface area contributed by atoms with E-state index in [-0.39, 0.29) is 46.2 Å². The first kappa shape index (κ1) is 46.4. The van der Waals surface area contributed by atoms with Gasteiger partial charge >= 0.3 is 0 Å². The summed E-state index contributed by atoms with van der Waals surface area (Å²) in [6.45, 7) is 1.38. The van der Waals surface area contributed by atoms with Crippen molar-refractivity contribution in [1.29, 1.82) is 0 Å². The van der Waals surface area contributed by atoms with Crippen LogP contribution in [0.15, 0.2) is 182 Å². The molecule has 2 saturated heterocycles. The maximum atomic E-state index is 12.5. The van der Waals surface area contributed by atoms with E-state index in [4.69, 9.17) is 42.6 Å². The summed E-state index contributed by atoms with van der Waals surface area (Å²) in [7, 11) is 0. The van der Waals surface area contributed by atoms with Crippen LogP contribution in [-0.2, 0) is 82.3 Å². The molecule has 0 bridgehead atoms. The summed E-state index contributed by atoms with van der Waals surface area (Å²) in [5.41, 5.74) is 5.59. The van der Waals surface area contributed by atoms with E-state index in [1.54, 1.807) is 0 Å². The standard InChI is InChI=1S/C54H58O11/c55-47-48(59-33-41-23-11-3-12-24-41)45(37-57-31-39-19-7-1-8-20-39)64-54(50(47)60-34-42-25-13-4-14-26-42)65-49-46(38-58-32-40-21-9-2-10-22-40)63-53(56)52(62-36-44-29-17-6-18-30-44)51(49)61-35-43-27-15-5-16-28-43/h1-30,45-56H,31-38H2. The van der Waals surface area contributed by atoms with E-state index in [2.05, 4.69) is 0 Å². The molecule has 6 aromatic carbocycles. The second kappa shape index (κ2) is 24.4. The minimum absolute atomic E-state index is 0.0183. The van der Waals surface area contributed by atoms with E-state index in [1.807, 2.05) is 182 Å². The summed E-state index contributed by atoms with van der Waals surface area (Å²) in [4.78, 5) is 0. The van der Waals surface area contributed by atoms with Crippen LogP contribution < -0.4 is 0 Å². The van der Waals surface area contributed by atoms with Crippen molar-refractivity contribution in [2.75, 3.05) is 13.2 Å². The van der Waals surface area contributed by atoms with E-state index < -0.39 is 61.4 Å². The molecule has 2 fully saturated rings. The van der Waals surface area contributed by atoms with Crippen LogP contribution in [0.4, 0.5) is 0 Å². The molecule has 2 aliphatic rings. The third-order valence-electron chi connectivity index (χ3n) is 11.4. The topological polar surface area (TPSA) is 124 Å². The lowest BCUT2D eigenvalue weighted by Gasteiger charge is -2.49. The van der Waals surface area contributed by atoms with Crippen molar-refractivity contribution in [2.45, 2.75) is 101 Å². The van der Waals surface area contributed by atoms with Crippen molar-refractivity contribution in [3.05, 3.63) is 215 Å². The fourth-order valence-electron chi connectivity index (χ4n) is 8.04. The first-order chi connectivity index (χ1) is 32.1. The van der Waals surface area contributed by atoms with Gasteiger partial charge in [-0.25, -0.2) is 0 Å². The van der Waals surface area contributed by atoms with Crippen LogP contribution in [0.5, 0.6) is 0 Å². The fourth-order valence-corrected chi connectivity index (χ4v) is 8.04. The molecular weight excluding hydrogens is 825 g/mol. The average Bonchev–Trinajstić information content (AvgIpc) is 3.35. The highest BCUT2D eigenvalue weighted by molar-refractivity contribution is 5.18. The lowest BCUT2D eigenvalue weighted by molar-refractivity contribution is -0.371. The van der Waals surface area contributed by atoms with E-state index in [0.717, 1.165) is 33.4 Å². The van der Waals surface area contributed by atoms with E-state index >= 15 is 0 Å². The van der Waals surface area contributed by atoms with Gasteiger partial charge in [-0.2, -0.15) is 0 Å². The molecule has 0 spiro atoms. The van der Waals surface area contributed by atoms with Gasteiger partial charge in [-0.05, 0) is 33.4 Å². The number of aliphatic hydroxyl groups excluding tert-OH is 2. The molecule has 10 unspecified atom stereocenters. The van der Waals surface area contributed by atoms with Crippen LogP contribution in [0.3, 0.4) is 0 Å². The Kier molecular flexibility index (Phi) is 17.4. The van der Waals surface area contributed by atoms with Gasteiger partial charge < -0.3 is 52.8 Å². The van der Waals surface area contributed by atoms with Gasteiger partial charge in [0, 0.05) is 0 Å². The molecule has 0 radical (unpaired) electrons. The van der Waals surface area contributed by atoms with Crippen molar-refractivity contribution in [1.82, 2.24) is 0 Å². The summed E-state index contributed by atoms with van der Waals surface area (Å²) in [5.74, 6) is 0. The van der Waals surface area contributed by atoms with Crippen LogP contribution in [0, 0.1) is 0 Å². The van der Waals surface area contributed by atoms with Crippen LogP contribution >= 0.6 is 0 Å². The molecule has 11 heteroatoms. The van der Waals surface area contributed by atoms with Gasteiger partial charge in [0.05, 0.1) is 52.9 Å². The van der Waals surface area contributed by atoms with Gasteiger partial charge in [-0.3, -0.25) is 0 Å². The molecule has 2 heterocycles. The SMILES string of the molecule is OC1OC(COCc2ccccc2)C(OC2OC(COCc3ccccc3)C(OCc3ccccc3)C(O)C2OCc2ccccc2)C(OCc2ccccc2)C1OCc1ccccc1. The fraction of sp³-hybridized carbons (Fsp3) is 0.333. The second-order valence-electron chi connectivity index (χ2n) is 16.2. The summed E-state index contributed by atoms with van der Waals surface area (Å²) < 4.78 is 59.4. The normalized spacial score (nSPS) is 25.6. The highest BCUT2D eigenvalue weighted by atomic mass is 16.7. The molecule has 2 aliphatic heterocycles. The first-order valence-corrected chi connectivity index (χ1v) is 22.3. The summed E-state index contributed by atoms with van der Waals surface area (Å²) in [6.07, 6.45) is -10.4. The van der Waals surface area contributed by atoms with Crippen LogP contribution in [0.1, 0.15) is 33.4 Å². The third kappa shape index (κ3) is 13.5. The molecule has 2 N–H and O–H groups in total. The van der Waals surface area contributed by atoms with Crippen molar-refractivity contribution in [3.63, 3.8) is 0 Å². The Hall–Kier alpha value is -5.12. The zero-order chi connectivity index (χ0) is 44.5. The number of hydrogen-bond acceptors (Lipinski definition) is 11. The highest BCUT2D eigenvalue weighted by Gasteiger charge is 2.53. The lowest BCUT2D eigenvalue weighted by atomic mass is 9.96. The van der Waals surface area contributed by atoms with Gasteiger partial charge in [-0.15, -0.1) is 0 Å². The van der Waals surface area contributed by atoms with Gasteiger partial charge in [0.2, 0.25) is 0 Å². The van der Waals surface area contributed by atoms with Crippen molar-refractivity contribution in [2.24, 2.45) is 0 Å². The summed E-state index contributed by atoms with van der Waals surface area (Å²) in [6, 6.07) is 58.6. The van der Waals surface area contributed by atoms with Crippen LogP contribution in [0.25, 0.3) is 0 Å². The Balaban J connectivity index is 1.12. The Morgan fingerprint density at radius 1 is 0.338 bits per heavy atom. The highest BCUT2D eigenvalue weighted by Crippen LogP contribution is 2.35. The van der Waals surface area contributed by atoms with Gasteiger partial charge in [-0.1, -0.05) is 182 Å². The molecule has 0 saturated carbocycles. The van der Waals surface area contributed by atoms with E-state index in [1.165, 1.54) is 0 Å². The maximum Gasteiger partial charge on any atom is 0.187 e. The molecule has 65 heavy (non-hydrogen) atoms. The first-order valence-electron chi connectivity index (χ1n) is 22.3. The predicted octanol–water partition coefficient (Wildman–Crippen LogP) is 7.95. The molecule has 11 nitrogen and oxygen atoms in total. The van der Waals surface area contributed by atoms with Crippen molar-refractivity contribution >= 4 is 0 Å². The molecule has 6 aromatic rings. The van der Waals surface area contributed by atoms with Crippen molar-refractivity contribution in [3.8, 4) is 0 Å². The number of ether oxygens (including phenoxy) is 9. The molecule has 340 valence electrons. The molecule has 0 aromatic heterocycles. The van der Waals surface area contributed by atoms with Gasteiger partial charge in [0.25, 0.3) is 0 Å². The Labute approximate surface area is 381 Å². The molecule has 8 rings (SSSR count). The third-order valence-corrected chi connectivity index (χ3v) is 11.4. The number of rotatable bonds is 22. The lowest BCUT2D eigenvalue weighted by Crippen LogP contribution is -2.66. The minimum atomic E-state index is -1.41. The van der Waals surface area contributed by atoms with Gasteiger partial charge in [0.15, 0.2) is 12.6 Å². The Morgan fingerprint density at radius 2 is 0.662 bits per heavy atom. The Bertz CT molecular complexity index is 2200. The maximum absolute atomic E-state index is 12.5. The smallest absolute Gasteiger partial charge is 0.187 e. The second-order valence-corrected chi connectivity index (χ2v) is 16.2.